The minimum Gasteiger partial charge on any atom is -0.395 e. The van der Waals surface area contributed by atoms with E-state index in [4.69, 9.17) is 11.6 Å². The van der Waals surface area contributed by atoms with E-state index in [9.17, 15) is 5.11 Å². The van der Waals surface area contributed by atoms with Crippen molar-refractivity contribution >= 4 is 11.6 Å². The third kappa shape index (κ3) is 5.03. The van der Waals surface area contributed by atoms with Crippen LogP contribution in [-0.2, 0) is 0 Å². The molecule has 1 heterocycles. The van der Waals surface area contributed by atoms with Gasteiger partial charge in [-0.1, -0.05) is 38.4 Å². The van der Waals surface area contributed by atoms with Crippen LogP contribution >= 0.6 is 11.6 Å². The average molecular weight is 337 g/mol. The van der Waals surface area contributed by atoms with Gasteiger partial charge in [0.1, 0.15) is 12.7 Å². The molecule has 6 heteroatoms. The summed E-state index contributed by atoms with van der Waals surface area (Å²) >= 11 is 6.44. The minimum atomic E-state index is 0.0380. The fourth-order valence-corrected chi connectivity index (χ4v) is 3.05. The number of nitrogens with zero attached hydrogens (tertiary/aromatic N) is 3. The third-order valence-corrected chi connectivity index (χ3v) is 4.03. The normalized spacial score (nSPS) is 14.7. The molecule has 0 aliphatic carbocycles. The summed E-state index contributed by atoms with van der Waals surface area (Å²) in [5, 5.41) is 17.8. The summed E-state index contributed by atoms with van der Waals surface area (Å²) in [5.74, 6) is 0. The van der Waals surface area contributed by atoms with Crippen LogP contribution in [0.15, 0.2) is 30.9 Å². The van der Waals surface area contributed by atoms with Gasteiger partial charge in [-0.2, -0.15) is 5.10 Å². The number of hydrogen-bond acceptors (Lipinski definition) is 4. The summed E-state index contributed by atoms with van der Waals surface area (Å²) in [7, 11) is 0. The van der Waals surface area contributed by atoms with Crippen LogP contribution in [0.1, 0.15) is 45.7 Å². The molecule has 0 saturated heterocycles. The van der Waals surface area contributed by atoms with E-state index in [0.717, 1.165) is 17.7 Å². The van der Waals surface area contributed by atoms with Crippen LogP contribution < -0.4 is 5.32 Å². The molecule has 2 atom stereocenters. The molecular weight excluding hydrogens is 312 g/mol. The lowest BCUT2D eigenvalue weighted by Gasteiger charge is -2.28. The largest absolute Gasteiger partial charge is 0.395 e. The Morgan fingerprint density at radius 2 is 2.09 bits per heavy atom. The molecule has 0 aliphatic heterocycles. The van der Waals surface area contributed by atoms with Gasteiger partial charge >= 0.3 is 0 Å². The standard InChI is InChI=1S/C17H25ClN4O/c1-12(21-13(9-23)8-17(2,3)4)15-6-5-14(7-16(15)18)22-11-19-10-20-22/h5-7,10-13,21,23H,8-9H2,1-4H3. The van der Waals surface area contributed by atoms with Crippen molar-refractivity contribution < 1.29 is 5.11 Å². The summed E-state index contributed by atoms with van der Waals surface area (Å²) in [6, 6.07) is 5.92. The lowest BCUT2D eigenvalue weighted by Crippen LogP contribution is -2.37. The van der Waals surface area contributed by atoms with Gasteiger partial charge in [-0.05, 0) is 36.5 Å². The summed E-state index contributed by atoms with van der Waals surface area (Å²) in [6.45, 7) is 8.67. The number of benzene rings is 1. The van der Waals surface area contributed by atoms with Crippen molar-refractivity contribution in [1.82, 2.24) is 20.1 Å². The molecule has 2 rings (SSSR count). The second kappa shape index (κ2) is 7.43. The number of aliphatic hydroxyl groups is 1. The van der Waals surface area contributed by atoms with E-state index in [1.54, 1.807) is 11.0 Å². The smallest absolute Gasteiger partial charge is 0.138 e. The number of rotatable bonds is 6. The van der Waals surface area contributed by atoms with E-state index >= 15 is 0 Å². The predicted octanol–water partition coefficient (Wildman–Crippen LogP) is 3.37. The van der Waals surface area contributed by atoms with Crippen molar-refractivity contribution in [1.29, 1.82) is 0 Å². The van der Waals surface area contributed by atoms with Crippen molar-refractivity contribution in [2.45, 2.75) is 46.2 Å². The second-order valence-corrected chi connectivity index (χ2v) is 7.49. The molecule has 1 aromatic heterocycles. The Hall–Kier alpha value is -1.43. The summed E-state index contributed by atoms with van der Waals surface area (Å²) in [5.41, 5.74) is 2.03. The molecule has 23 heavy (non-hydrogen) atoms. The predicted molar refractivity (Wildman–Crippen MR) is 92.9 cm³/mol. The number of aliphatic hydroxyl groups excluding tert-OH is 1. The Kier molecular flexibility index (Phi) is 5.79. The molecule has 0 aliphatic rings. The van der Waals surface area contributed by atoms with Gasteiger partial charge in [0.15, 0.2) is 0 Å². The van der Waals surface area contributed by atoms with Gasteiger partial charge in [0.25, 0.3) is 0 Å². The SMILES string of the molecule is CC(NC(CO)CC(C)(C)C)c1ccc(-n2cncn2)cc1Cl. The highest BCUT2D eigenvalue weighted by atomic mass is 35.5. The quantitative estimate of drug-likeness (QED) is 0.849. The highest BCUT2D eigenvalue weighted by molar-refractivity contribution is 6.31. The topological polar surface area (TPSA) is 63.0 Å². The second-order valence-electron chi connectivity index (χ2n) is 7.08. The minimum absolute atomic E-state index is 0.0380. The van der Waals surface area contributed by atoms with E-state index in [2.05, 4.69) is 43.1 Å². The van der Waals surface area contributed by atoms with Crippen LogP contribution in [0, 0.1) is 5.41 Å². The van der Waals surface area contributed by atoms with E-state index < -0.39 is 0 Å². The van der Waals surface area contributed by atoms with Crippen molar-refractivity contribution in [3.63, 3.8) is 0 Å². The summed E-state index contributed by atoms with van der Waals surface area (Å²) in [6.07, 6.45) is 4.02. The summed E-state index contributed by atoms with van der Waals surface area (Å²) in [4.78, 5) is 3.94. The van der Waals surface area contributed by atoms with E-state index in [-0.39, 0.29) is 24.1 Å². The summed E-state index contributed by atoms with van der Waals surface area (Å²) < 4.78 is 1.67. The van der Waals surface area contributed by atoms with Crippen LogP contribution in [-0.4, -0.2) is 32.5 Å². The van der Waals surface area contributed by atoms with Gasteiger partial charge < -0.3 is 10.4 Å². The number of hydrogen-bond donors (Lipinski definition) is 2. The highest BCUT2D eigenvalue weighted by Gasteiger charge is 2.21. The van der Waals surface area contributed by atoms with Crippen molar-refractivity contribution in [2.75, 3.05) is 6.61 Å². The molecule has 0 saturated carbocycles. The number of aromatic nitrogens is 3. The van der Waals surface area contributed by atoms with Crippen LogP contribution in [0.4, 0.5) is 0 Å². The zero-order valence-corrected chi connectivity index (χ0v) is 14.9. The molecule has 0 radical (unpaired) electrons. The molecule has 2 unspecified atom stereocenters. The Morgan fingerprint density at radius 1 is 1.35 bits per heavy atom. The lowest BCUT2D eigenvalue weighted by atomic mass is 9.88. The zero-order chi connectivity index (χ0) is 17.0. The van der Waals surface area contributed by atoms with Gasteiger partial charge in [0.05, 0.1) is 12.3 Å². The molecule has 126 valence electrons. The first-order chi connectivity index (χ1) is 10.8. The molecule has 2 N–H and O–H groups in total. The number of nitrogens with one attached hydrogen (secondary N) is 1. The Morgan fingerprint density at radius 3 is 2.61 bits per heavy atom. The maximum absolute atomic E-state index is 9.61. The molecule has 0 amide bonds. The Bertz CT molecular complexity index is 622. The highest BCUT2D eigenvalue weighted by Crippen LogP contribution is 2.27. The van der Waals surface area contributed by atoms with Gasteiger partial charge in [0.2, 0.25) is 0 Å². The molecule has 5 nitrogen and oxygen atoms in total. The Labute approximate surface area is 142 Å². The molecule has 2 aromatic rings. The molecule has 0 spiro atoms. The molecule has 0 fully saturated rings. The third-order valence-electron chi connectivity index (χ3n) is 3.70. The zero-order valence-electron chi connectivity index (χ0n) is 14.1. The maximum Gasteiger partial charge on any atom is 0.138 e. The molecule has 0 bridgehead atoms. The maximum atomic E-state index is 9.61. The van der Waals surface area contributed by atoms with Crippen LogP contribution in [0.25, 0.3) is 5.69 Å². The van der Waals surface area contributed by atoms with Gasteiger partial charge in [0, 0.05) is 17.1 Å². The first kappa shape index (κ1) is 17.9. The first-order valence-corrected chi connectivity index (χ1v) is 8.19. The monoisotopic (exact) mass is 336 g/mol. The van der Waals surface area contributed by atoms with Crippen molar-refractivity contribution in [3.05, 3.63) is 41.4 Å². The van der Waals surface area contributed by atoms with E-state index in [0.29, 0.717) is 5.02 Å². The first-order valence-electron chi connectivity index (χ1n) is 7.81. The molecular formula is C17H25ClN4O. The van der Waals surface area contributed by atoms with Crippen LogP contribution in [0.5, 0.6) is 0 Å². The molecule has 1 aromatic carbocycles. The average Bonchev–Trinajstić information content (AvgIpc) is 2.98. The van der Waals surface area contributed by atoms with Crippen molar-refractivity contribution in [2.24, 2.45) is 5.41 Å². The fraction of sp³-hybridized carbons (Fsp3) is 0.529. The van der Waals surface area contributed by atoms with Gasteiger partial charge in [-0.3, -0.25) is 0 Å². The van der Waals surface area contributed by atoms with Gasteiger partial charge in [-0.25, -0.2) is 9.67 Å². The fourth-order valence-electron chi connectivity index (χ4n) is 2.71. The van der Waals surface area contributed by atoms with E-state index in [1.165, 1.54) is 6.33 Å². The Balaban J connectivity index is 2.11. The van der Waals surface area contributed by atoms with Gasteiger partial charge in [-0.15, -0.1) is 0 Å². The van der Waals surface area contributed by atoms with E-state index in [1.807, 2.05) is 18.2 Å². The number of halogens is 1. The van der Waals surface area contributed by atoms with Crippen molar-refractivity contribution in [3.8, 4) is 5.69 Å². The van der Waals surface area contributed by atoms with Crippen LogP contribution in [0.2, 0.25) is 5.02 Å². The van der Waals surface area contributed by atoms with Crippen LogP contribution in [0.3, 0.4) is 0 Å². The lowest BCUT2D eigenvalue weighted by molar-refractivity contribution is 0.190.